The third-order valence-electron chi connectivity index (χ3n) is 5.94. The lowest BCUT2D eigenvalue weighted by atomic mass is 9.97. The summed E-state index contributed by atoms with van der Waals surface area (Å²) in [5, 5.41) is 3.00. The molecular weight excluding hydrogens is 412 g/mol. The summed E-state index contributed by atoms with van der Waals surface area (Å²) in [6.45, 7) is 8.65. The van der Waals surface area contributed by atoms with Crippen molar-refractivity contribution in [1.29, 1.82) is 0 Å². The molecule has 0 spiro atoms. The van der Waals surface area contributed by atoms with Gasteiger partial charge in [0.15, 0.2) is 0 Å². The molecule has 1 N–H and O–H groups in total. The zero-order valence-electron chi connectivity index (χ0n) is 18.9. The summed E-state index contributed by atoms with van der Waals surface area (Å²) in [5.41, 5.74) is 3.92. The second kappa shape index (κ2) is 9.40. The molecular formula is C24H32N2O4S. The first kappa shape index (κ1) is 23.3. The largest absolute Gasteiger partial charge is 0.495 e. The summed E-state index contributed by atoms with van der Waals surface area (Å²) in [5.74, 6) is 0.290. The summed E-state index contributed by atoms with van der Waals surface area (Å²) < 4.78 is 33.5. The summed E-state index contributed by atoms with van der Waals surface area (Å²) in [6, 6.07) is 11.2. The molecule has 2 aromatic carbocycles. The Labute approximate surface area is 185 Å². The van der Waals surface area contributed by atoms with E-state index in [1.807, 2.05) is 52.0 Å². The Bertz CT molecular complexity index is 1060. The van der Waals surface area contributed by atoms with Gasteiger partial charge >= 0.3 is 0 Å². The molecule has 0 aromatic heterocycles. The minimum atomic E-state index is -3.70. The Kier molecular flexibility index (Phi) is 7.06. The number of amides is 1. The third-order valence-corrected chi connectivity index (χ3v) is 7.86. The lowest BCUT2D eigenvalue weighted by Gasteiger charge is -2.31. The summed E-state index contributed by atoms with van der Waals surface area (Å²) in [4.78, 5) is 12.9. The fraction of sp³-hybridized carbons (Fsp3) is 0.458. The summed E-state index contributed by atoms with van der Waals surface area (Å²) in [6.07, 6.45) is 0.977. The van der Waals surface area contributed by atoms with Crippen molar-refractivity contribution in [3.05, 3.63) is 53.1 Å². The number of hydrogen-bond donors (Lipinski definition) is 1. The topological polar surface area (TPSA) is 75.7 Å². The van der Waals surface area contributed by atoms with Crippen LogP contribution in [0.3, 0.4) is 0 Å². The van der Waals surface area contributed by atoms with E-state index in [1.165, 1.54) is 11.4 Å². The molecule has 1 saturated heterocycles. The van der Waals surface area contributed by atoms with Crippen molar-refractivity contribution < 1.29 is 17.9 Å². The maximum Gasteiger partial charge on any atom is 0.246 e. The van der Waals surface area contributed by atoms with Crippen molar-refractivity contribution in [2.45, 2.75) is 51.3 Å². The predicted octanol–water partition coefficient (Wildman–Crippen LogP) is 4.47. The first-order chi connectivity index (χ1) is 14.6. The van der Waals surface area contributed by atoms with Crippen molar-refractivity contribution in [1.82, 2.24) is 4.31 Å². The number of piperidine rings is 1. The van der Waals surface area contributed by atoms with Crippen LogP contribution in [-0.4, -0.2) is 38.8 Å². The van der Waals surface area contributed by atoms with Gasteiger partial charge in [0.05, 0.1) is 7.11 Å². The number of rotatable bonds is 6. The Hall–Kier alpha value is -2.38. The van der Waals surface area contributed by atoms with E-state index in [0.717, 1.165) is 22.4 Å². The van der Waals surface area contributed by atoms with Gasteiger partial charge in [0.1, 0.15) is 10.6 Å². The van der Waals surface area contributed by atoms with Crippen LogP contribution in [0.4, 0.5) is 5.69 Å². The van der Waals surface area contributed by atoms with E-state index < -0.39 is 10.0 Å². The second-order valence-corrected chi connectivity index (χ2v) is 10.5. The molecule has 0 atom stereocenters. The van der Waals surface area contributed by atoms with Crippen LogP contribution in [0.1, 0.15) is 49.3 Å². The van der Waals surface area contributed by atoms with Gasteiger partial charge in [-0.05, 0) is 61.9 Å². The molecule has 0 bridgehead atoms. The van der Waals surface area contributed by atoms with Gasteiger partial charge in [-0.2, -0.15) is 4.31 Å². The van der Waals surface area contributed by atoms with Gasteiger partial charge < -0.3 is 10.1 Å². The molecule has 1 aliphatic heterocycles. The Morgan fingerprint density at radius 3 is 2.35 bits per heavy atom. The normalized spacial score (nSPS) is 15.8. The zero-order chi connectivity index (χ0) is 22.8. The van der Waals surface area contributed by atoms with E-state index in [-0.39, 0.29) is 22.6 Å². The van der Waals surface area contributed by atoms with E-state index in [0.29, 0.717) is 31.7 Å². The van der Waals surface area contributed by atoms with Crippen LogP contribution in [0, 0.1) is 19.8 Å². The predicted molar refractivity (Wildman–Crippen MR) is 123 cm³/mol. The molecule has 0 saturated carbocycles. The number of anilines is 1. The molecule has 0 unspecified atom stereocenters. The Morgan fingerprint density at radius 2 is 1.77 bits per heavy atom. The average molecular weight is 445 g/mol. The number of aryl methyl sites for hydroxylation is 2. The molecule has 7 heteroatoms. The van der Waals surface area contributed by atoms with Crippen molar-refractivity contribution in [2.24, 2.45) is 5.92 Å². The van der Waals surface area contributed by atoms with Gasteiger partial charge in [0, 0.05) is 24.7 Å². The molecule has 1 fully saturated rings. The lowest BCUT2D eigenvalue weighted by Crippen LogP contribution is -2.41. The molecule has 31 heavy (non-hydrogen) atoms. The Morgan fingerprint density at radius 1 is 1.10 bits per heavy atom. The lowest BCUT2D eigenvalue weighted by molar-refractivity contribution is -0.120. The van der Waals surface area contributed by atoms with Crippen LogP contribution in [0.25, 0.3) is 0 Å². The maximum absolute atomic E-state index is 13.3. The fourth-order valence-corrected chi connectivity index (χ4v) is 5.60. The number of carbonyl (C=O) groups excluding carboxylic acids is 1. The van der Waals surface area contributed by atoms with Gasteiger partial charge in [-0.3, -0.25) is 4.79 Å². The van der Waals surface area contributed by atoms with Crippen molar-refractivity contribution in [2.75, 3.05) is 25.5 Å². The van der Waals surface area contributed by atoms with Gasteiger partial charge in [-0.15, -0.1) is 0 Å². The van der Waals surface area contributed by atoms with Crippen LogP contribution >= 0.6 is 0 Å². The number of nitrogens with one attached hydrogen (secondary N) is 1. The Balaban J connectivity index is 1.71. The fourth-order valence-electron chi connectivity index (χ4n) is 3.94. The first-order valence-electron chi connectivity index (χ1n) is 10.7. The number of carbonyl (C=O) groups is 1. The van der Waals surface area contributed by atoms with Crippen LogP contribution < -0.4 is 10.1 Å². The molecule has 1 heterocycles. The van der Waals surface area contributed by atoms with E-state index in [4.69, 9.17) is 4.74 Å². The van der Waals surface area contributed by atoms with Crippen molar-refractivity contribution in [3.63, 3.8) is 0 Å². The smallest absolute Gasteiger partial charge is 0.246 e. The first-order valence-corrected chi connectivity index (χ1v) is 12.1. The van der Waals surface area contributed by atoms with E-state index in [9.17, 15) is 13.2 Å². The molecule has 2 aromatic rings. The molecule has 0 radical (unpaired) electrons. The standard InChI is InChI=1S/C24H32N2O4S/c1-16(2)20-7-9-22(30-5)23(15-20)31(28,29)26-12-10-19(11-13-26)24(27)25-21-8-6-17(3)14-18(21)4/h6-9,14-16,19H,10-13H2,1-5H3,(H,25,27). The van der Waals surface area contributed by atoms with Gasteiger partial charge in [-0.1, -0.05) is 37.6 Å². The van der Waals surface area contributed by atoms with E-state index in [1.54, 1.807) is 12.1 Å². The summed E-state index contributed by atoms with van der Waals surface area (Å²) in [7, 11) is -2.22. The molecule has 1 aliphatic rings. The maximum atomic E-state index is 13.3. The highest BCUT2D eigenvalue weighted by Crippen LogP contribution is 2.32. The highest BCUT2D eigenvalue weighted by atomic mass is 32.2. The van der Waals surface area contributed by atoms with Crippen LogP contribution in [-0.2, 0) is 14.8 Å². The minimum Gasteiger partial charge on any atom is -0.495 e. The highest BCUT2D eigenvalue weighted by molar-refractivity contribution is 7.89. The third kappa shape index (κ3) is 5.10. The monoisotopic (exact) mass is 444 g/mol. The molecule has 6 nitrogen and oxygen atoms in total. The van der Waals surface area contributed by atoms with Gasteiger partial charge in [0.2, 0.25) is 15.9 Å². The van der Waals surface area contributed by atoms with Gasteiger partial charge in [0.25, 0.3) is 0 Å². The molecule has 1 amide bonds. The number of ether oxygens (including phenoxy) is 1. The van der Waals surface area contributed by atoms with Crippen LogP contribution in [0.5, 0.6) is 5.75 Å². The number of hydrogen-bond acceptors (Lipinski definition) is 4. The zero-order valence-corrected chi connectivity index (χ0v) is 19.8. The molecule has 3 rings (SSSR count). The number of benzene rings is 2. The van der Waals surface area contributed by atoms with Crippen LogP contribution in [0.2, 0.25) is 0 Å². The van der Waals surface area contributed by atoms with E-state index in [2.05, 4.69) is 5.32 Å². The SMILES string of the molecule is COc1ccc(C(C)C)cc1S(=O)(=O)N1CCC(C(=O)Nc2ccc(C)cc2C)CC1. The number of sulfonamides is 1. The summed E-state index contributed by atoms with van der Waals surface area (Å²) >= 11 is 0. The molecule has 168 valence electrons. The van der Waals surface area contributed by atoms with E-state index >= 15 is 0 Å². The highest BCUT2D eigenvalue weighted by Gasteiger charge is 2.34. The quantitative estimate of drug-likeness (QED) is 0.713. The number of methoxy groups -OCH3 is 1. The average Bonchev–Trinajstić information content (AvgIpc) is 2.75. The van der Waals surface area contributed by atoms with Crippen LogP contribution in [0.15, 0.2) is 41.3 Å². The second-order valence-electron chi connectivity index (χ2n) is 8.55. The van der Waals surface area contributed by atoms with Crippen molar-refractivity contribution >= 4 is 21.6 Å². The minimum absolute atomic E-state index is 0.0524. The molecule has 0 aliphatic carbocycles. The number of nitrogens with zero attached hydrogens (tertiary/aromatic N) is 1. The van der Waals surface area contributed by atoms with Crippen molar-refractivity contribution in [3.8, 4) is 5.75 Å². The van der Waals surface area contributed by atoms with Gasteiger partial charge in [-0.25, -0.2) is 8.42 Å².